The highest BCUT2D eigenvalue weighted by molar-refractivity contribution is 9.10. The summed E-state index contributed by atoms with van der Waals surface area (Å²) in [6, 6.07) is 17.6. The van der Waals surface area contributed by atoms with E-state index in [1.165, 1.54) is 29.7 Å². The van der Waals surface area contributed by atoms with Gasteiger partial charge >= 0.3 is 0 Å². The van der Waals surface area contributed by atoms with E-state index < -0.39 is 0 Å². The van der Waals surface area contributed by atoms with Crippen LogP contribution in [0, 0.1) is 0 Å². The van der Waals surface area contributed by atoms with E-state index in [-0.39, 0.29) is 5.54 Å². The van der Waals surface area contributed by atoms with Crippen LogP contribution in [0.2, 0.25) is 0 Å². The normalized spacial score (nSPS) is 24.6. The first-order chi connectivity index (χ1) is 13.0. The van der Waals surface area contributed by atoms with Crippen molar-refractivity contribution in [2.45, 2.75) is 44.2 Å². The van der Waals surface area contributed by atoms with Crippen LogP contribution < -0.4 is 5.32 Å². The Morgan fingerprint density at radius 3 is 2.85 bits per heavy atom. The van der Waals surface area contributed by atoms with Crippen molar-refractivity contribution < 1.29 is 0 Å². The lowest BCUT2D eigenvalue weighted by Gasteiger charge is -2.47. The SMILES string of the molecule is C=C(NC1(C)CCCN(C2CCc3ccccc32)C1=C)c1cccc(Br)c1. The van der Waals surface area contributed by atoms with Crippen molar-refractivity contribution in [1.82, 2.24) is 10.2 Å². The maximum Gasteiger partial charge on any atom is 0.0739 e. The number of likely N-dealkylation sites (tertiary alicyclic amines) is 1. The molecule has 2 aliphatic rings. The highest BCUT2D eigenvalue weighted by Gasteiger charge is 2.39. The molecule has 2 atom stereocenters. The average Bonchev–Trinajstić information content (AvgIpc) is 3.08. The molecule has 1 heterocycles. The molecule has 0 saturated carbocycles. The molecule has 27 heavy (non-hydrogen) atoms. The Kier molecular flexibility index (Phi) is 4.90. The topological polar surface area (TPSA) is 15.3 Å². The van der Waals surface area contributed by atoms with Gasteiger partial charge in [0, 0.05) is 22.4 Å². The molecule has 1 aliphatic heterocycles. The molecule has 0 amide bonds. The van der Waals surface area contributed by atoms with Crippen LogP contribution in [0.1, 0.15) is 48.9 Å². The molecule has 2 nitrogen and oxygen atoms in total. The van der Waals surface area contributed by atoms with Crippen LogP contribution in [0.4, 0.5) is 0 Å². The lowest BCUT2D eigenvalue weighted by molar-refractivity contribution is 0.162. The monoisotopic (exact) mass is 422 g/mol. The Labute approximate surface area is 171 Å². The summed E-state index contributed by atoms with van der Waals surface area (Å²) < 4.78 is 1.07. The Morgan fingerprint density at radius 1 is 1.22 bits per heavy atom. The zero-order chi connectivity index (χ0) is 19.0. The van der Waals surface area contributed by atoms with Crippen LogP contribution in [0.5, 0.6) is 0 Å². The Hall–Kier alpha value is -2.00. The van der Waals surface area contributed by atoms with Crippen molar-refractivity contribution in [2.75, 3.05) is 6.54 Å². The molecular formula is C24H27BrN2. The van der Waals surface area contributed by atoms with E-state index in [0.717, 1.165) is 35.1 Å². The van der Waals surface area contributed by atoms with Gasteiger partial charge in [-0.2, -0.15) is 0 Å². The van der Waals surface area contributed by atoms with Gasteiger partial charge in [-0.3, -0.25) is 0 Å². The second kappa shape index (κ2) is 7.20. The third-order valence-corrected chi connectivity index (χ3v) is 6.63. The maximum absolute atomic E-state index is 4.54. The number of nitrogens with zero attached hydrogens (tertiary/aromatic N) is 1. The summed E-state index contributed by atoms with van der Waals surface area (Å²) in [6.07, 6.45) is 4.58. The minimum absolute atomic E-state index is 0.171. The van der Waals surface area contributed by atoms with Gasteiger partial charge < -0.3 is 10.2 Å². The molecule has 0 aromatic heterocycles. The fourth-order valence-electron chi connectivity index (χ4n) is 4.62. The third kappa shape index (κ3) is 3.45. The number of benzene rings is 2. The van der Waals surface area contributed by atoms with Crippen LogP contribution in [-0.4, -0.2) is 17.0 Å². The summed E-state index contributed by atoms with van der Waals surface area (Å²) in [4.78, 5) is 2.54. The van der Waals surface area contributed by atoms with Gasteiger partial charge in [-0.05, 0) is 61.4 Å². The predicted octanol–water partition coefficient (Wildman–Crippen LogP) is 6.07. The molecule has 1 N–H and O–H groups in total. The van der Waals surface area contributed by atoms with Gasteiger partial charge in [-0.1, -0.05) is 65.5 Å². The number of halogens is 1. The first-order valence-electron chi connectivity index (χ1n) is 9.75. The summed E-state index contributed by atoms with van der Waals surface area (Å²) in [5.41, 5.74) is 6.06. The van der Waals surface area contributed by atoms with E-state index >= 15 is 0 Å². The van der Waals surface area contributed by atoms with Crippen LogP contribution in [0.3, 0.4) is 0 Å². The van der Waals surface area contributed by atoms with Gasteiger partial charge in [0.15, 0.2) is 0 Å². The standard InChI is InChI=1S/C24H27BrN2/c1-17(20-9-6-10-21(25)16-20)26-24(3)14-7-15-27(18(24)2)23-13-12-19-8-4-5-11-22(19)23/h4-6,8-11,16,23,26H,1-2,7,12-15H2,3H3. The number of nitrogens with one attached hydrogen (secondary N) is 1. The van der Waals surface area contributed by atoms with E-state index in [0.29, 0.717) is 6.04 Å². The first-order valence-corrected chi connectivity index (χ1v) is 10.5. The molecule has 1 saturated heterocycles. The molecule has 3 heteroatoms. The molecule has 0 radical (unpaired) electrons. The molecule has 0 spiro atoms. The van der Waals surface area contributed by atoms with E-state index in [4.69, 9.17) is 0 Å². The Balaban J connectivity index is 1.55. The molecule has 0 bridgehead atoms. The van der Waals surface area contributed by atoms with Gasteiger partial charge in [0.05, 0.1) is 11.6 Å². The Morgan fingerprint density at radius 2 is 2.04 bits per heavy atom. The summed E-state index contributed by atoms with van der Waals surface area (Å²) in [6.45, 7) is 12.2. The summed E-state index contributed by atoms with van der Waals surface area (Å²) in [5.74, 6) is 0. The van der Waals surface area contributed by atoms with E-state index in [1.807, 2.05) is 12.1 Å². The zero-order valence-electron chi connectivity index (χ0n) is 16.0. The number of rotatable bonds is 4. The van der Waals surface area contributed by atoms with Gasteiger partial charge in [0.2, 0.25) is 0 Å². The Bertz CT molecular complexity index is 887. The minimum atomic E-state index is -0.171. The molecule has 2 aromatic rings. The van der Waals surface area contributed by atoms with Crippen molar-refractivity contribution in [3.8, 4) is 0 Å². The van der Waals surface area contributed by atoms with E-state index in [9.17, 15) is 0 Å². The number of hydrogen-bond donors (Lipinski definition) is 1. The van der Waals surface area contributed by atoms with Crippen molar-refractivity contribution in [3.05, 3.63) is 88.5 Å². The number of piperidine rings is 1. The van der Waals surface area contributed by atoms with Gasteiger partial charge in [0.25, 0.3) is 0 Å². The lowest BCUT2D eigenvalue weighted by Crippen LogP contribution is -2.52. The zero-order valence-corrected chi connectivity index (χ0v) is 17.6. The first kappa shape index (κ1) is 18.4. The molecule has 1 aliphatic carbocycles. The second-order valence-electron chi connectivity index (χ2n) is 7.94. The largest absolute Gasteiger partial charge is 0.374 e. The number of fused-ring (bicyclic) bond motifs is 1. The van der Waals surface area contributed by atoms with Gasteiger partial charge in [-0.15, -0.1) is 0 Å². The van der Waals surface area contributed by atoms with Gasteiger partial charge in [0.1, 0.15) is 0 Å². The highest BCUT2D eigenvalue weighted by atomic mass is 79.9. The average molecular weight is 423 g/mol. The van der Waals surface area contributed by atoms with Crippen LogP contribution in [-0.2, 0) is 6.42 Å². The molecule has 140 valence electrons. The fraction of sp³-hybridized carbons (Fsp3) is 0.333. The predicted molar refractivity (Wildman–Crippen MR) is 117 cm³/mol. The van der Waals surface area contributed by atoms with Crippen LogP contribution >= 0.6 is 15.9 Å². The number of aryl methyl sites for hydroxylation is 1. The van der Waals surface area contributed by atoms with Crippen molar-refractivity contribution >= 4 is 21.6 Å². The summed E-state index contributed by atoms with van der Waals surface area (Å²) >= 11 is 3.56. The highest BCUT2D eigenvalue weighted by Crippen LogP contribution is 2.42. The van der Waals surface area contributed by atoms with Crippen molar-refractivity contribution in [1.29, 1.82) is 0 Å². The second-order valence-corrected chi connectivity index (χ2v) is 8.86. The summed E-state index contributed by atoms with van der Waals surface area (Å²) in [5, 5.41) is 3.71. The minimum Gasteiger partial charge on any atom is -0.374 e. The molecule has 2 aromatic carbocycles. The molecular weight excluding hydrogens is 396 g/mol. The van der Waals surface area contributed by atoms with Crippen molar-refractivity contribution in [3.63, 3.8) is 0 Å². The molecule has 2 unspecified atom stereocenters. The van der Waals surface area contributed by atoms with E-state index in [1.54, 1.807) is 0 Å². The number of hydrogen-bond acceptors (Lipinski definition) is 2. The maximum atomic E-state index is 4.54. The van der Waals surface area contributed by atoms with Gasteiger partial charge in [-0.25, -0.2) is 0 Å². The molecule has 1 fully saturated rings. The smallest absolute Gasteiger partial charge is 0.0739 e. The summed E-state index contributed by atoms with van der Waals surface area (Å²) in [7, 11) is 0. The quantitative estimate of drug-likeness (QED) is 0.643. The molecule has 4 rings (SSSR count). The third-order valence-electron chi connectivity index (χ3n) is 6.14. The van der Waals surface area contributed by atoms with Crippen LogP contribution in [0.25, 0.3) is 5.70 Å². The fourth-order valence-corrected chi connectivity index (χ4v) is 5.02. The van der Waals surface area contributed by atoms with Crippen molar-refractivity contribution in [2.24, 2.45) is 0 Å². The van der Waals surface area contributed by atoms with E-state index in [2.05, 4.69) is 82.6 Å². The van der Waals surface area contributed by atoms with Crippen LogP contribution in [0.15, 0.2) is 71.9 Å². The lowest BCUT2D eigenvalue weighted by atomic mass is 9.85.